The van der Waals surface area contributed by atoms with Crippen molar-refractivity contribution in [3.05, 3.63) is 0 Å². The van der Waals surface area contributed by atoms with Crippen LogP contribution in [-0.2, 0) is 19.7 Å². The molecule has 0 saturated carbocycles. The van der Waals surface area contributed by atoms with Crippen LogP contribution in [0.15, 0.2) is 0 Å². The number of hydrogen-bond acceptors (Lipinski definition) is 4. The fourth-order valence-corrected chi connectivity index (χ4v) is 3.46. The van der Waals surface area contributed by atoms with E-state index < -0.39 is 16.3 Å². The monoisotopic (exact) mass is 277 g/mol. The van der Waals surface area contributed by atoms with Crippen molar-refractivity contribution in [2.75, 3.05) is 32.8 Å². The average molecular weight is 277 g/mol. The first-order chi connectivity index (χ1) is 8.59. The van der Waals surface area contributed by atoms with Crippen LogP contribution >= 0.6 is 0 Å². The Labute approximate surface area is 107 Å². The molecule has 18 heavy (non-hydrogen) atoms. The summed E-state index contributed by atoms with van der Waals surface area (Å²) in [5, 5.41) is 2.71. The highest BCUT2D eigenvalue weighted by Crippen LogP contribution is 2.09. The van der Waals surface area contributed by atoms with Crippen LogP contribution in [0.5, 0.6) is 0 Å². The molecule has 104 valence electrons. The van der Waals surface area contributed by atoms with Gasteiger partial charge in [-0.3, -0.25) is 4.79 Å². The van der Waals surface area contributed by atoms with Crippen LogP contribution in [-0.4, -0.2) is 57.5 Å². The number of nitrogens with one attached hydrogen (secondary N) is 2. The standard InChI is InChI=1S/C10H19N3O4S/c14-10-9(3-1-2-4-11-10)12-18(15,16)13-5-7-17-8-6-13/h9,12H,1-8H2,(H,11,14)/t9-/m1/s1. The van der Waals surface area contributed by atoms with E-state index in [0.29, 0.717) is 39.3 Å². The van der Waals surface area contributed by atoms with E-state index >= 15 is 0 Å². The lowest BCUT2D eigenvalue weighted by Gasteiger charge is -2.27. The van der Waals surface area contributed by atoms with Gasteiger partial charge in [0.15, 0.2) is 0 Å². The fourth-order valence-electron chi connectivity index (χ4n) is 2.09. The minimum absolute atomic E-state index is 0.232. The Hall–Kier alpha value is -0.700. The van der Waals surface area contributed by atoms with Gasteiger partial charge < -0.3 is 10.1 Å². The van der Waals surface area contributed by atoms with E-state index in [9.17, 15) is 13.2 Å². The molecule has 0 radical (unpaired) electrons. The number of hydrogen-bond donors (Lipinski definition) is 2. The van der Waals surface area contributed by atoms with E-state index in [1.54, 1.807) is 0 Å². The van der Waals surface area contributed by atoms with Crippen LogP contribution in [0.3, 0.4) is 0 Å². The van der Waals surface area contributed by atoms with E-state index in [2.05, 4.69) is 10.0 Å². The topological polar surface area (TPSA) is 87.7 Å². The Bertz CT molecular complexity index is 392. The first kappa shape index (κ1) is 13.7. The average Bonchev–Trinajstić information content (AvgIpc) is 2.56. The molecule has 2 aliphatic heterocycles. The molecule has 0 aromatic carbocycles. The van der Waals surface area contributed by atoms with Gasteiger partial charge in [0.2, 0.25) is 5.91 Å². The van der Waals surface area contributed by atoms with Gasteiger partial charge in [-0.1, -0.05) is 0 Å². The van der Waals surface area contributed by atoms with E-state index in [1.165, 1.54) is 4.31 Å². The maximum atomic E-state index is 12.1. The highest BCUT2D eigenvalue weighted by atomic mass is 32.2. The molecule has 7 nitrogen and oxygen atoms in total. The summed E-state index contributed by atoms with van der Waals surface area (Å²) in [5.41, 5.74) is 0. The highest BCUT2D eigenvalue weighted by molar-refractivity contribution is 7.87. The predicted molar refractivity (Wildman–Crippen MR) is 65.1 cm³/mol. The second-order valence-electron chi connectivity index (χ2n) is 4.47. The molecular formula is C10H19N3O4S. The van der Waals surface area contributed by atoms with Gasteiger partial charge in [0, 0.05) is 19.6 Å². The molecule has 0 spiro atoms. The molecule has 8 heteroatoms. The van der Waals surface area contributed by atoms with Gasteiger partial charge in [-0.2, -0.15) is 17.4 Å². The Morgan fingerprint density at radius 2 is 2.00 bits per heavy atom. The molecule has 0 unspecified atom stereocenters. The van der Waals surface area contributed by atoms with Gasteiger partial charge >= 0.3 is 0 Å². The molecule has 2 saturated heterocycles. The lowest BCUT2D eigenvalue weighted by Crippen LogP contribution is -2.53. The Morgan fingerprint density at radius 3 is 2.72 bits per heavy atom. The third-order valence-electron chi connectivity index (χ3n) is 3.14. The van der Waals surface area contributed by atoms with Crippen molar-refractivity contribution in [1.29, 1.82) is 0 Å². The number of nitrogens with zero attached hydrogens (tertiary/aromatic N) is 1. The number of ether oxygens (including phenoxy) is 1. The van der Waals surface area contributed by atoms with Crippen molar-refractivity contribution >= 4 is 16.1 Å². The molecule has 2 heterocycles. The molecule has 2 fully saturated rings. The van der Waals surface area contributed by atoms with E-state index in [1.807, 2.05) is 0 Å². The largest absolute Gasteiger partial charge is 0.379 e. The van der Waals surface area contributed by atoms with Crippen LogP contribution < -0.4 is 10.0 Å². The van der Waals surface area contributed by atoms with Crippen LogP contribution in [0.4, 0.5) is 0 Å². The zero-order valence-electron chi connectivity index (χ0n) is 10.2. The maximum absolute atomic E-state index is 12.1. The van der Waals surface area contributed by atoms with Crippen molar-refractivity contribution in [2.45, 2.75) is 25.3 Å². The number of carbonyl (C=O) groups excluding carboxylic acids is 1. The summed E-state index contributed by atoms with van der Waals surface area (Å²) in [6.45, 7) is 2.09. The van der Waals surface area contributed by atoms with Crippen LogP contribution in [0, 0.1) is 0 Å². The number of amides is 1. The molecular weight excluding hydrogens is 258 g/mol. The van der Waals surface area contributed by atoms with Crippen LogP contribution in [0.1, 0.15) is 19.3 Å². The summed E-state index contributed by atoms with van der Waals surface area (Å²) in [6.07, 6.45) is 2.28. The number of rotatable bonds is 3. The molecule has 0 aliphatic carbocycles. The molecule has 1 amide bonds. The Balaban J connectivity index is 1.99. The molecule has 2 aliphatic rings. The van der Waals surface area contributed by atoms with Crippen molar-refractivity contribution in [2.24, 2.45) is 0 Å². The Kier molecular flexibility index (Phi) is 4.55. The van der Waals surface area contributed by atoms with E-state index in [4.69, 9.17) is 4.74 Å². The lowest BCUT2D eigenvalue weighted by atomic mass is 10.1. The van der Waals surface area contributed by atoms with Gasteiger partial charge in [0.05, 0.1) is 13.2 Å². The fraction of sp³-hybridized carbons (Fsp3) is 0.900. The third kappa shape index (κ3) is 3.41. The SMILES string of the molecule is O=C1NCCCC[C@H]1NS(=O)(=O)N1CCOCC1. The van der Waals surface area contributed by atoms with Crippen LogP contribution in [0.25, 0.3) is 0 Å². The minimum Gasteiger partial charge on any atom is -0.379 e. The van der Waals surface area contributed by atoms with Crippen molar-refractivity contribution < 1.29 is 17.9 Å². The molecule has 2 N–H and O–H groups in total. The Morgan fingerprint density at radius 1 is 1.28 bits per heavy atom. The molecule has 2 rings (SSSR count). The summed E-state index contributed by atoms with van der Waals surface area (Å²) in [7, 11) is -3.59. The van der Waals surface area contributed by atoms with Crippen molar-refractivity contribution in [1.82, 2.24) is 14.3 Å². The number of carbonyl (C=O) groups is 1. The van der Waals surface area contributed by atoms with Gasteiger partial charge in [-0.15, -0.1) is 0 Å². The number of morpholine rings is 1. The second kappa shape index (κ2) is 5.96. The summed E-state index contributed by atoms with van der Waals surface area (Å²) in [5.74, 6) is -0.232. The van der Waals surface area contributed by atoms with Gasteiger partial charge in [0.1, 0.15) is 6.04 Å². The first-order valence-electron chi connectivity index (χ1n) is 6.22. The van der Waals surface area contributed by atoms with Gasteiger partial charge in [0.25, 0.3) is 10.2 Å². The maximum Gasteiger partial charge on any atom is 0.280 e. The molecule has 1 atom stereocenters. The van der Waals surface area contributed by atoms with Crippen molar-refractivity contribution in [3.63, 3.8) is 0 Å². The van der Waals surface area contributed by atoms with E-state index in [-0.39, 0.29) is 5.91 Å². The second-order valence-corrected chi connectivity index (χ2v) is 6.18. The van der Waals surface area contributed by atoms with Gasteiger partial charge in [-0.25, -0.2) is 0 Å². The zero-order valence-corrected chi connectivity index (χ0v) is 11.0. The smallest absolute Gasteiger partial charge is 0.280 e. The molecule has 0 aromatic rings. The van der Waals surface area contributed by atoms with Crippen LogP contribution in [0.2, 0.25) is 0 Å². The van der Waals surface area contributed by atoms with Gasteiger partial charge in [-0.05, 0) is 19.3 Å². The normalized spacial score (nSPS) is 27.6. The third-order valence-corrected chi connectivity index (χ3v) is 4.76. The zero-order chi connectivity index (χ0) is 13.0. The quantitative estimate of drug-likeness (QED) is 0.680. The van der Waals surface area contributed by atoms with E-state index in [0.717, 1.165) is 12.8 Å². The molecule has 0 aromatic heterocycles. The first-order valence-corrected chi connectivity index (χ1v) is 7.66. The van der Waals surface area contributed by atoms with Crippen molar-refractivity contribution in [3.8, 4) is 0 Å². The highest BCUT2D eigenvalue weighted by Gasteiger charge is 2.30. The lowest BCUT2D eigenvalue weighted by molar-refractivity contribution is -0.122. The summed E-state index contributed by atoms with van der Waals surface area (Å²) >= 11 is 0. The summed E-state index contributed by atoms with van der Waals surface area (Å²) < 4.78 is 33.1. The minimum atomic E-state index is -3.59. The summed E-state index contributed by atoms with van der Waals surface area (Å²) in [6, 6.07) is -0.652. The molecule has 0 bridgehead atoms. The predicted octanol–water partition coefficient (Wildman–Crippen LogP) is -1.18. The summed E-state index contributed by atoms with van der Waals surface area (Å²) in [4.78, 5) is 11.7.